The molecule has 0 aliphatic carbocycles. The predicted molar refractivity (Wildman–Crippen MR) is 56.1 cm³/mol. The Morgan fingerprint density at radius 3 is 2.64 bits per heavy atom. The number of nitrogens with zero attached hydrogens (tertiary/aromatic N) is 1. The lowest BCUT2D eigenvalue weighted by molar-refractivity contribution is 0.450. The summed E-state index contributed by atoms with van der Waals surface area (Å²) < 4.78 is 21.3. The molecule has 0 saturated carbocycles. The Balaban J connectivity index is 2.06. The highest BCUT2D eigenvalue weighted by molar-refractivity contribution is 7.76. The highest BCUT2D eigenvalue weighted by Gasteiger charge is 2.26. The van der Waals surface area contributed by atoms with Crippen LogP contribution in [0.3, 0.4) is 0 Å². The van der Waals surface area contributed by atoms with Crippen LogP contribution in [-0.2, 0) is 11.3 Å². The quantitative estimate of drug-likeness (QED) is 0.755. The van der Waals surface area contributed by atoms with E-state index >= 15 is 0 Å². The predicted octanol–water partition coefficient (Wildman–Crippen LogP) is 1.61. The lowest BCUT2D eigenvalue weighted by Gasteiger charge is -2.10. The summed E-state index contributed by atoms with van der Waals surface area (Å²) in [6.07, 6.45) is 0.969. The molecule has 0 spiro atoms. The molecule has 1 fully saturated rings. The molecule has 2 atom stereocenters. The maximum Gasteiger partial charge on any atom is 0.234 e. The molecule has 76 valence electrons. The van der Waals surface area contributed by atoms with Gasteiger partial charge < -0.3 is 0 Å². The summed E-state index contributed by atoms with van der Waals surface area (Å²) in [6, 6.07) is 10.2. The summed E-state index contributed by atoms with van der Waals surface area (Å²) in [7, 11) is 0. The fraction of sp³-hybridized carbons (Fsp3) is 0.400. The molecule has 1 heterocycles. The van der Waals surface area contributed by atoms with E-state index in [2.05, 4.69) is 12.1 Å². The van der Waals surface area contributed by atoms with E-state index in [0.717, 1.165) is 6.42 Å². The van der Waals surface area contributed by atoms with Crippen LogP contribution in [0.15, 0.2) is 30.3 Å². The van der Waals surface area contributed by atoms with Gasteiger partial charge in [0.05, 0.1) is 0 Å². The van der Waals surface area contributed by atoms with E-state index in [0.29, 0.717) is 19.0 Å². The van der Waals surface area contributed by atoms with Gasteiger partial charge in [0.1, 0.15) is 0 Å². The van der Waals surface area contributed by atoms with Gasteiger partial charge in [-0.25, -0.2) is 8.51 Å². The minimum Gasteiger partial charge on any atom is -0.294 e. The number of benzene rings is 1. The smallest absolute Gasteiger partial charge is 0.234 e. The minimum atomic E-state index is -1.80. The molecule has 1 N–H and O–H groups in total. The van der Waals surface area contributed by atoms with Crippen molar-refractivity contribution in [2.24, 2.45) is 0 Å². The van der Waals surface area contributed by atoms with Crippen LogP contribution in [0.25, 0.3) is 0 Å². The molecule has 2 rings (SSSR count). The first-order valence-corrected chi connectivity index (χ1v) is 5.74. The van der Waals surface area contributed by atoms with Crippen molar-refractivity contribution in [1.29, 1.82) is 0 Å². The first kappa shape index (κ1) is 9.83. The highest BCUT2D eigenvalue weighted by atomic mass is 32.2. The summed E-state index contributed by atoms with van der Waals surface area (Å²) >= 11 is -1.80. The zero-order valence-electron chi connectivity index (χ0n) is 7.80. The molecule has 1 aromatic rings. The molecular formula is C10H13NO2S. The second kappa shape index (κ2) is 4.21. The lowest BCUT2D eigenvalue weighted by atomic mass is 9.99. The van der Waals surface area contributed by atoms with Gasteiger partial charge in [0.15, 0.2) is 0 Å². The van der Waals surface area contributed by atoms with Crippen molar-refractivity contribution in [3.63, 3.8) is 0 Å². The van der Waals surface area contributed by atoms with Crippen LogP contribution in [0, 0.1) is 0 Å². The molecule has 1 aromatic carbocycles. The third kappa shape index (κ3) is 2.03. The Bertz CT molecular complexity index is 328. The zero-order chi connectivity index (χ0) is 9.97. The third-order valence-corrected chi connectivity index (χ3v) is 3.42. The molecule has 0 aromatic heterocycles. The third-order valence-electron chi connectivity index (χ3n) is 2.64. The molecule has 0 bridgehead atoms. The highest BCUT2D eigenvalue weighted by Crippen LogP contribution is 2.27. The van der Waals surface area contributed by atoms with E-state index in [1.807, 2.05) is 18.2 Å². The molecular weight excluding hydrogens is 198 g/mol. The fourth-order valence-corrected chi connectivity index (χ4v) is 2.44. The van der Waals surface area contributed by atoms with Crippen LogP contribution in [-0.4, -0.2) is 26.2 Å². The Kier molecular flexibility index (Phi) is 2.96. The monoisotopic (exact) mass is 211 g/mol. The average Bonchev–Trinajstić information content (AvgIpc) is 2.68. The first-order chi connectivity index (χ1) is 6.77. The molecule has 1 aliphatic heterocycles. The fourth-order valence-electron chi connectivity index (χ4n) is 1.87. The van der Waals surface area contributed by atoms with Crippen LogP contribution < -0.4 is 0 Å². The van der Waals surface area contributed by atoms with Crippen LogP contribution in [0.2, 0.25) is 0 Å². The molecule has 3 nitrogen and oxygen atoms in total. The topological polar surface area (TPSA) is 40.5 Å². The number of hydrogen-bond acceptors (Lipinski definition) is 1. The summed E-state index contributed by atoms with van der Waals surface area (Å²) in [6.45, 7) is 1.40. The van der Waals surface area contributed by atoms with Crippen molar-refractivity contribution >= 4 is 11.3 Å². The van der Waals surface area contributed by atoms with E-state index in [1.54, 1.807) is 4.31 Å². The van der Waals surface area contributed by atoms with Gasteiger partial charge in [-0.3, -0.25) is 4.55 Å². The van der Waals surface area contributed by atoms with Crippen molar-refractivity contribution in [2.75, 3.05) is 13.1 Å². The maximum atomic E-state index is 10.8. The van der Waals surface area contributed by atoms with Gasteiger partial charge in [-0.2, -0.15) is 0 Å². The lowest BCUT2D eigenvalue weighted by Crippen LogP contribution is -2.22. The van der Waals surface area contributed by atoms with Gasteiger partial charge in [-0.1, -0.05) is 30.3 Å². The second-order valence-electron chi connectivity index (χ2n) is 3.51. The van der Waals surface area contributed by atoms with Crippen molar-refractivity contribution in [3.8, 4) is 0 Å². The molecule has 14 heavy (non-hydrogen) atoms. The molecule has 0 amide bonds. The van der Waals surface area contributed by atoms with Gasteiger partial charge in [-0.15, -0.1) is 0 Å². The van der Waals surface area contributed by atoms with Crippen molar-refractivity contribution in [2.45, 2.75) is 12.3 Å². The van der Waals surface area contributed by atoms with E-state index in [1.165, 1.54) is 5.56 Å². The van der Waals surface area contributed by atoms with E-state index in [-0.39, 0.29) is 0 Å². The van der Waals surface area contributed by atoms with Crippen LogP contribution in [0.5, 0.6) is 0 Å². The van der Waals surface area contributed by atoms with Crippen LogP contribution in [0.4, 0.5) is 0 Å². The standard InChI is InChI=1S/C10H13NO2S/c12-14(13)11-7-6-10(8-11)9-4-2-1-3-5-9/h1-5,10H,6-8H2,(H,12,13). The first-order valence-electron chi connectivity index (χ1n) is 4.68. The Morgan fingerprint density at radius 1 is 1.36 bits per heavy atom. The van der Waals surface area contributed by atoms with Gasteiger partial charge in [0, 0.05) is 13.1 Å². The van der Waals surface area contributed by atoms with Gasteiger partial charge in [-0.05, 0) is 17.9 Å². The van der Waals surface area contributed by atoms with E-state index < -0.39 is 11.3 Å². The Morgan fingerprint density at radius 2 is 2.07 bits per heavy atom. The summed E-state index contributed by atoms with van der Waals surface area (Å²) in [5.74, 6) is 0.410. The molecule has 0 radical (unpaired) electrons. The minimum absolute atomic E-state index is 0.410. The van der Waals surface area contributed by atoms with Crippen LogP contribution in [0.1, 0.15) is 17.9 Å². The number of rotatable bonds is 2. The van der Waals surface area contributed by atoms with Gasteiger partial charge >= 0.3 is 0 Å². The average molecular weight is 211 g/mol. The largest absolute Gasteiger partial charge is 0.294 e. The molecule has 1 aliphatic rings. The summed E-state index contributed by atoms with van der Waals surface area (Å²) in [4.78, 5) is 0. The SMILES string of the molecule is O=S(O)N1CCC(c2ccccc2)C1. The Hall–Kier alpha value is -0.710. The Labute approximate surface area is 86.2 Å². The van der Waals surface area contributed by atoms with Crippen molar-refractivity contribution < 1.29 is 8.76 Å². The summed E-state index contributed by atoms with van der Waals surface area (Å²) in [5, 5.41) is 0. The van der Waals surface area contributed by atoms with Crippen LogP contribution >= 0.6 is 0 Å². The number of hydrogen-bond donors (Lipinski definition) is 1. The van der Waals surface area contributed by atoms with Gasteiger partial charge in [0.2, 0.25) is 11.3 Å². The second-order valence-corrected chi connectivity index (χ2v) is 4.49. The van der Waals surface area contributed by atoms with E-state index in [4.69, 9.17) is 4.55 Å². The zero-order valence-corrected chi connectivity index (χ0v) is 8.61. The molecule has 1 saturated heterocycles. The van der Waals surface area contributed by atoms with E-state index in [9.17, 15) is 4.21 Å². The van der Waals surface area contributed by atoms with Crippen molar-refractivity contribution in [1.82, 2.24) is 4.31 Å². The normalized spacial score (nSPS) is 25.1. The molecule has 2 unspecified atom stereocenters. The maximum absolute atomic E-state index is 10.8. The molecule has 4 heteroatoms. The summed E-state index contributed by atoms with van der Waals surface area (Å²) in [5.41, 5.74) is 1.26. The van der Waals surface area contributed by atoms with Crippen molar-refractivity contribution in [3.05, 3.63) is 35.9 Å². The van der Waals surface area contributed by atoms with Gasteiger partial charge in [0.25, 0.3) is 0 Å².